The summed E-state index contributed by atoms with van der Waals surface area (Å²) in [6.45, 7) is 3.74. The Kier molecular flexibility index (Phi) is 6.11. The van der Waals surface area contributed by atoms with Crippen molar-refractivity contribution in [3.63, 3.8) is 0 Å². The Bertz CT molecular complexity index is 476. The van der Waals surface area contributed by atoms with E-state index in [4.69, 9.17) is 0 Å². The van der Waals surface area contributed by atoms with E-state index in [2.05, 4.69) is 10.1 Å². The number of methoxy groups -OCH3 is 1. The van der Waals surface area contributed by atoms with E-state index in [1.165, 1.54) is 19.2 Å². The fraction of sp³-hybridized carbons (Fsp3) is 0.500. The predicted octanol–water partition coefficient (Wildman–Crippen LogP) is 2.59. The van der Waals surface area contributed by atoms with Crippen LogP contribution in [0.25, 0.3) is 0 Å². The summed E-state index contributed by atoms with van der Waals surface area (Å²) in [6.07, 6.45) is 1.68. The molecule has 0 fully saturated rings. The average Bonchev–Trinajstić information content (AvgIpc) is 2.45. The minimum absolute atomic E-state index is 0.0520. The van der Waals surface area contributed by atoms with E-state index in [9.17, 15) is 14.9 Å². The molecule has 0 spiro atoms. The van der Waals surface area contributed by atoms with Gasteiger partial charge in [-0.05, 0) is 18.9 Å². The van der Waals surface area contributed by atoms with Gasteiger partial charge in [0, 0.05) is 18.2 Å². The Hall–Kier alpha value is -1.95. The maximum absolute atomic E-state index is 11.5. The molecule has 0 amide bonds. The maximum atomic E-state index is 11.5. The standard InChI is InChI=1S/C14H20N2O4/c1-4-6-13(15-10(2)14(17)20-3)11-7-5-8-12(9-11)16(18)19/h5,7-10,13,15H,4,6H2,1-3H3/t10-,13?/m0/s1. The highest BCUT2D eigenvalue weighted by molar-refractivity contribution is 5.75. The fourth-order valence-corrected chi connectivity index (χ4v) is 2.04. The summed E-state index contributed by atoms with van der Waals surface area (Å²) in [7, 11) is 1.34. The summed E-state index contributed by atoms with van der Waals surface area (Å²) in [5.74, 6) is -0.350. The Morgan fingerprint density at radius 2 is 2.20 bits per heavy atom. The highest BCUT2D eigenvalue weighted by Crippen LogP contribution is 2.23. The van der Waals surface area contributed by atoms with E-state index in [0.717, 1.165) is 18.4 Å². The summed E-state index contributed by atoms with van der Waals surface area (Å²) >= 11 is 0. The molecule has 6 nitrogen and oxygen atoms in total. The van der Waals surface area contributed by atoms with Gasteiger partial charge in [-0.3, -0.25) is 20.2 Å². The first-order valence-electron chi connectivity index (χ1n) is 6.57. The number of nitrogens with one attached hydrogen (secondary N) is 1. The molecule has 0 aliphatic carbocycles. The van der Waals surface area contributed by atoms with Crippen molar-refractivity contribution in [3.05, 3.63) is 39.9 Å². The number of rotatable bonds is 7. The summed E-state index contributed by atoms with van der Waals surface area (Å²) in [5.41, 5.74) is 0.855. The lowest BCUT2D eigenvalue weighted by Gasteiger charge is -2.22. The van der Waals surface area contributed by atoms with Crippen LogP contribution in [0.15, 0.2) is 24.3 Å². The maximum Gasteiger partial charge on any atom is 0.322 e. The molecule has 2 atom stereocenters. The van der Waals surface area contributed by atoms with E-state index in [-0.39, 0.29) is 17.7 Å². The first-order chi connectivity index (χ1) is 9.49. The second-order valence-corrected chi connectivity index (χ2v) is 4.60. The third kappa shape index (κ3) is 4.31. The van der Waals surface area contributed by atoms with Crippen LogP contribution in [-0.2, 0) is 9.53 Å². The molecular formula is C14H20N2O4. The third-order valence-electron chi connectivity index (χ3n) is 3.07. The van der Waals surface area contributed by atoms with Crippen molar-refractivity contribution < 1.29 is 14.5 Å². The lowest BCUT2D eigenvalue weighted by molar-refractivity contribution is -0.384. The average molecular weight is 280 g/mol. The van der Waals surface area contributed by atoms with Crippen molar-refractivity contribution in [2.24, 2.45) is 0 Å². The van der Waals surface area contributed by atoms with Crippen LogP contribution in [0.5, 0.6) is 0 Å². The molecule has 1 aromatic carbocycles. The number of nitro groups is 1. The first kappa shape index (κ1) is 16.1. The number of hydrogen-bond donors (Lipinski definition) is 1. The minimum atomic E-state index is -0.462. The zero-order valence-corrected chi connectivity index (χ0v) is 12.0. The highest BCUT2D eigenvalue weighted by Gasteiger charge is 2.20. The van der Waals surface area contributed by atoms with Gasteiger partial charge in [0.15, 0.2) is 0 Å². The van der Waals surface area contributed by atoms with Crippen LogP contribution >= 0.6 is 0 Å². The third-order valence-corrected chi connectivity index (χ3v) is 3.07. The molecule has 0 heterocycles. The number of hydrogen-bond acceptors (Lipinski definition) is 5. The van der Waals surface area contributed by atoms with Crippen LogP contribution in [0.4, 0.5) is 5.69 Å². The molecule has 1 unspecified atom stereocenters. The van der Waals surface area contributed by atoms with E-state index >= 15 is 0 Å². The molecule has 1 rings (SSSR count). The van der Waals surface area contributed by atoms with Crippen molar-refractivity contribution in [2.45, 2.75) is 38.8 Å². The zero-order chi connectivity index (χ0) is 15.1. The molecule has 1 N–H and O–H groups in total. The van der Waals surface area contributed by atoms with Crippen LogP contribution in [0.3, 0.4) is 0 Å². The number of carbonyl (C=O) groups excluding carboxylic acids is 1. The smallest absolute Gasteiger partial charge is 0.322 e. The Morgan fingerprint density at radius 1 is 1.50 bits per heavy atom. The largest absolute Gasteiger partial charge is 0.468 e. The van der Waals surface area contributed by atoms with Crippen molar-refractivity contribution in [2.75, 3.05) is 7.11 Å². The summed E-state index contributed by atoms with van der Waals surface area (Å²) in [5, 5.41) is 14.0. The predicted molar refractivity (Wildman–Crippen MR) is 75.4 cm³/mol. The Labute approximate surface area is 118 Å². The number of esters is 1. The van der Waals surface area contributed by atoms with Crippen LogP contribution in [-0.4, -0.2) is 24.0 Å². The summed E-state index contributed by atoms with van der Waals surface area (Å²) in [4.78, 5) is 21.9. The normalized spacial score (nSPS) is 13.6. The van der Waals surface area contributed by atoms with Gasteiger partial charge in [-0.1, -0.05) is 25.5 Å². The van der Waals surface area contributed by atoms with Gasteiger partial charge in [-0.2, -0.15) is 0 Å². The van der Waals surface area contributed by atoms with Crippen molar-refractivity contribution >= 4 is 11.7 Å². The van der Waals surface area contributed by atoms with E-state index in [1.807, 2.05) is 13.0 Å². The fourth-order valence-electron chi connectivity index (χ4n) is 2.04. The van der Waals surface area contributed by atoms with E-state index < -0.39 is 11.0 Å². The summed E-state index contributed by atoms with van der Waals surface area (Å²) in [6, 6.07) is 5.89. The van der Waals surface area contributed by atoms with Gasteiger partial charge in [-0.25, -0.2) is 0 Å². The van der Waals surface area contributed by atoms with Gasteiger partial charge < -0.3 is 4.74 Å². The molecule has 0 aliphatic rings. The van der Waals surface area contributed by atoms with Gasteiger partial charge in [0.05, 0.1) is 12.0 Å². The van der Waals surface area contributed by atoms with Crippen molar-refractivity contribution in [3.8, 4) is 0 Å². The molecule has 0 radical (unpaired) electrons. The quantitative estimate of drug-likeness (QED) is 0.471. The molecule has 1 aromatic rings. The molecular weight excluding hydrogens is 260 g/mol. The second kappa shape index (κ2) is 7.59. The number of benzene rings is 1. The molecule has 0 saturated carbocycles. The van der Waals surface area contributed by atoms with Gasteiger partial charge in [-0.15, -0.1) is 0 Å². The number of nitro benzene ring substituents is 1. The molecule has 0 aromatic heterocycles. The molecule has 0 bridgehead atoms. The van der Waals surface area contributed by atoms with Gasteiger partial charge in [0.1, 0.15) is 6.04 Å². The number of carbonyl (C=O) groups is 1. The minimum Gasteiger partial charge on any atom is -0.468 e. The van der Waals surface area contributed by atoms with Gasteiger partial charge >= 0.3 is 5.97 Å². The lowest BCUT2D eigenvalue weighted by atomic mass is 10.0. The van der Waals surface area contributed by atoms with Crippen molar-refractivity contribution in [1.82, 2.24) is 5.32 Å². The Balaban J connectivity index is 2.92. The Morgan fingerprint density at radius 3 is 2.75 bits per heavy atom. The van der Waals surface area contributed by atoms with E-state index in [0.29, 0.717) is 0 Å². The zero-order valence-electron chi connectivity index (χ0n) is 12.0. The van der Waals surface area contributed by atoms with E-state index in [1.54, 1.807) is 13.0 Å². The van der Waals surface area contributed by atoms with Crippen LogP contribution in [0.2, 0.25) is 0 Å². The topological polar surface area (TPSA) is 81.5 Å². The summed E-state index contributed by atoms with van der Waals surface area (Å²) < 4.78 is 4.68. The first-order valence-corrected chi connectivity index (χ1v) is 6.57. The van der Waals surface area contributed by atoms with Crippen LogP contribution in [0.1, 0.15) is 38.3 Å². The lowest BCUT2D eigenvalue weighted by Crippen LogP contribution is -2.37. The molecule has 0 aliphatic heterocycles. The number of ether oxygens (including phenoxy) is 1. The molecule has 20 heavy (non-hydrogen) atoms. The molecule has 0 saturated heterocycles. The highest BCUT2D eigenvalue weighted by atomic mass is 16.6. The van der Waals surface area contributed by atoms with Crippen LogP contribution in [0, 0.1) is 10.1 Å². The molecule has 6 heteroatoms. The van der Waals surface area contributed by atoms with Crippen LogP contribution < -0.4 is 5.32 Å². The van der Waals surface area contributed by atoms with Gasteiger partial charge in [0.25, 0.3) is 5.69 Å². The van der Waals surface area contributed by atoms with Gasteiger partial charge in [0.2, 0.25) is 0 Å². The van der Waals surface area contributed by atoms with Crippen molar-refractivity contribution in [1.29, 1.82) is 0 Å². The SMILES string of the molecule is CCCC(N[C@@H](C)C(=O)OC)c1cccc([N+](=O)[O-])c1. The number of non-ortho nitro benzene ring substituents is 1. The number of nitrogens with zero attached hydrogens (tertiary/aromatic N) is 1. The monoisotopic (exact) mass is 280 g/mol. The molecule has 110 valence electrons. The second-order valence-electron chi connectivity index (χ2n) is 4.60.